The lowest BCUT2D eigenvalue weighted by molar-refractivity contribution is -0.00730. The van der Waals surface area contributed by atoms with E-state index in [4.69, 9.17) is 9.26 Å². The Kier molecular flexibility index (Phi) is 6.54. The van der Waals surface area contributed by atoms with Crippen LogP contribution in [0.4, 0.5) is 5.69 Å². The summed E-state index contributed by atoms with van der Waals surface area (Å²) in [6.45, 7) is 3.69. The highest BCUT2D eigenvalue weighted by Gasteiger charge is 2.32. The lowest BCUT2D eigenvalue weighted by atomic mass is 10.3. The molecule has 0 fully saturated rings. The van der Waals surface area contributed by atoms with Gasteiger partial charge in [-0.05, 0) is 31.6 Å². The van der Waals surface area contributed by atoms with Crippen LogP contribution in [0.15, 0.2) is 58.3 Å². The molecule has 1 aromatic carbocycles. The van der Waals surface area contributed by atoms with Crippen LogP contribution in [0.5, 0.6) is 0 Å². The summed E-state index contributed by atoms with van der Waals surface area (Å²) in [5.41, 5.74) is -0.0791. The predicted octanol–water partition coefficient (Wildman–Crippen LogP) is 2.33. The van der Waals surface area contributed by atoms with Crippen LogP contribution in [-0.2, 0) is 13.8 Å². The van der Waals surface area contributed by atoms with Gasteiger partial charge in [0.1, 0.15) is 6.10 Å². The Morgan fingerprint density at radius 3 is 2.69 bits per heavy atom. The number of nitrogens with zero attached hydrogens (tertiary/aromatic N) is 2. The summed E-state index contributed by atoms with van der Waals surface area (Å²) in [6.07, 6.45) is 4.03. The molecule has 0 amide bonds. The quantitative estimate of drug-likeness (QED) is 0.497. The van der Waals surface area contributed by atoms with Crippen molar-refractivity contribution in [1.29, 1.82) is 0 Å². The van der Waals surface area contributed by atoms with Gasteiger partial charge in [0.25, 0.3) is 5.56 Å². The molecule has 0 saturated heterocycles. The summed E-state index contributed by atoms with van der Waals surface area (Å²) in [5.74, 6) is 0. The molecule has 10 heteroatoms. The summed E-state index contributed by atoms with van der Waals surface area (Å²) in [5, 5.41) is 0. The van der Waals surface area contributed by atoms with Gasteiger partial charge in [0.05, 0.1) is 6.61 Å². The smallest absolute Gasteiger partial charge is 0.344 e. The molecule has 9 nitrogen and oxygen atoms in total. The van der Waals surface area contributed by atoms with E-state index in [1.54, 1.807) is 43.3 Å². The Balaban J connectivity index is 1.66. The number of anilines is 1. The zero-order chi connectivity index (χ0) is 21.0. The van der Waals surface area contributed by atoms with E-state index < -0.39 is 31.3 Å². The Morgan fingerprint density at radius 1 is 1.28 bits per heavy atom. The van der Waals surface area contributed by atoms with E-state index in [1.807, 2.05) is 13.0 Å². The first kappa shape index (κ1) is 21.3. The fourth-order valence-corrected chi connectivity index (χ4v) is 4.33. The second-order valence-corrected chi connectivity index (χ2v) is 8.40. The highest BCUT2D eigenvalue weighted by molar-refractivity contribution is 7.54. The maximum absolute atomic E-state index is 12.8. The average molecular weight is 421 g/mol. The third-order valence-electron chi connectivity index (χ3n) is 4.43. The maximum Gasteiger partial charge on any atom is 0.432 e. The van der Waals surface area contributed by atoms with Crippen molar-refractivity contribution in [3.63, 3.8) is 0 Å². The first-order valence-electron chi connectivity index (χ1n) is 9.28. The second-order valence-electron chi connectivity index (χ2n) is 6.67. The molecule has 0 aliphatic carbocycles. The van der Waals surface area contributed by atoms with Crippen molar-refractivity contribution in [3.8, 4) is 0 Å². The highest BCUT2D eigenvalue weighted by atomic mass is 31.2. The van der Waals surface area contributed by atoms with E-state index in [1.165, 1.54) is 15.4 Å². The van der Waals surface area contributed by atoms with Gasteiger partial charge in [0.15, 0.2) is 6.23 Å². The number of hydrogen-bond acceptors (Lipinski definition) is 5. The van der Waals surface area contributed by atoms with Crippen LogP contribution >= 0.6 is 7.75 Å². The van der Waals surface area contributed by atoms with Crippen molar-refractivity contribution in [2.75, 3.05) is 17.8 Å². The van der Waals surface area contributed by atoms with Crippen molar-refractivity contribution in [3.05, 3.63) is 75.1 Å². The van der Waals surface area contributed by atoms with E-state index in [2.05, 4.69) is 4.98 Å². The third-order valence-corrected chi connectivity index (χ3v) is 5.95. The number of aryl methyl sites for hydroxylation is 1. The van der Waals surface area contributed by atoms with Gasteiger partial charge in [-0.25, -0.2) is 9.36 Å². The summed E-state index contributed by atoms with van der Waals surface area (Å²) < 4.78 is 26.5. The molecule has 0 radical (unpaired) electrons. The number of H-pyrrole nitrogens is 1. The van der Waals surface area contributed by atoms with Crippen molar-refractivity contribution < 1.29 is 18.7 Å². The van der Waals surface area contributed by atoms with Crippen LogP contribution in [-0.4, -0.2) is 33.7 Å². The summed E-state index contributed by atoms with van der Waals surface area (Å²) in [6, 6.07) is 8.89. The minimum Gasteiger partial charge on any atom is -0.344 e. The zero-order valence-corrected chi connectivity index (χ0v) is 17.1. The summed E-state index contributed by atoms with van der Waals surface area (Å²) >= 11 is 0. The highest BCUT2D eigenvalue weighted by Crippen LogP contribution is 2.49. The number of benzene rings is 1. The molecule has 2 N–H and O–H groups in total. The van der Waals surface area contributed by atoms with Gasteiger partial charge in [-0.2, -0.15) is 0 Å². The summed E-state index contributed by atoms with van der Waals surface area (Å²) in [4.78, 5) is 36.2. The number of hydrogen-bond donors (Lipinski definition) is 2. The zero-order valence-electron chi connectivity index (χ0n) is 16.2. The van der Waals surface area contributed by atoms with Gasteiger partial charge < -0.3 is 9.63 Å². The van der Waals surface area contributed by atoms with Crippen molar-refractivity contribution in [2.45, 2.75) is 32.6 Å². The van der Waals surface area contributed by atoms with Gasteiger partial charge in [-0.15, -0.1) is 0 Å². The molecule has 0 spiro atoms. The minimum atomic E-state index is -4.11. The molecule has 1 unspecified atom stereocenters. The first-order valence-corrected chi connectivity index (χ1v) is 10.8. The Hall–Kier alpha value is -2.45. The van der Waals surface area contributed by atoms with Crippen LogP contribution in [0.3, 0.4) is 0 Å². The van der Waals surface area contributed by atoms with Crippen LogP contribution < -0.4 is 15.9 Å². The fourth-order valence-electron chi connectivity index (χ4n) is 2.97. The van der Waals surface area contributed by atoms with Crippen LogP contribution in [0.25, 0.3) is 0 Å². The molecule has 1 aliphatic rings. The molecule has 0 saturated carbocycles. The molecule has 1 aromatic heterocycles. The Morgan fingerprint density at radius 2 is 2.00 bits per heavy atom. The van der Waals surface area contributed by atoms with Gasteiger partial charge in [-0.3, -0.25) is 23.5 Å². The average Bonchev–Trinajstić information content (AvgIpc) is 3.17. The third kappa shape index (κ3) is 4.94. The number of para-hydroxylation sites is 1. The van der Waals surface area contributed by atoms with Gasteiger partial charge in [-0.1, -0.05) is 31.2 Å². The topological polar surface area (TPSA) is 114 Å². The fraction of sp³-hybridized carbons (Fsp3) is 0.368. The van der Waals surface area contributed by atoms with Gasteiger partial charge >= 0.3 is 13.4 Å². The number of ether oxygens (including phenoxy) is 1. The largest absolute Gasteiger partial charge is 0.432 e. The molecular formula is C19H24N3O6P. The van der Waals surface area contributed by atoms with Crippen LogP contribution in [0, 0.1) is 6.92 Å². The predicted molar refractivity (Wildman–Crippen MR) is 109 cm³/mol. The number of rotatable bonds is 8. The van der Waals surface area contributed by atoms with Crippen LogP contribution in [0.1, 0.15) is 25.1 Å². The maximum atomic E-state index is 12.8. The van der Waals surface area contributed by atoms with Crippen LogP contribution in [0.2, 0.25) is 0 Å². The molecule has 0 bridgehead atoms. The minimum absolute atomic E-state index is 0.162. The molecule has 156 valence electrons. The molecule has 3 rings (SSSR count). The first-order chi connectivity index (χ1) is 13.8. The van der Waals surface area contributed by atoms with Crippen molar-refractivity contribution >= 4 is 13.4 Å². The molecule has 29 heavy (non-hydrogen) atoms. The molecular weight excluding hydrogens is 397 g/mol. The molecule has 2 heterocycles. The Bertz CT molecular complexity index is 1030. The van der Waals surface area contributed by atoms with E-state index in [0.717, 1.165) is 0 Å². The standard InChI is InChI=1S/C19H24N3O6P/c1-3-11-22(15-7-5-4-6-8-15)29(25,26)27-13-16-9-10-17(28-16)21-12-14(2)18(23)20-19(21)24/h4-10,12,16-17H,3,11,13H2,1-2H3,(H,25,26)(H,20,23,24)/t16-,17+/m0/s1. The SMILES string of the molecule is CCCN(c1ccccc1)P(=O)(O)OC[C@@H]1C=C[C@H](n2cc(C)c(=O)[nH]c2=O)O1. The van der Waals surface area contributed by atoms with Crippen molar-refractivity contribution in [1.82, 2.24) is 9.55 Å². The molecule has 2 aromatic rings. The normalized spacial score (nSPS) is 20.5. The second kappa shape index (κ2) is 8.92. The lowest BCUT2D eigenvalue weighted by Crippen LogP contribution is -2.33. The molecule has 1 aliphatic heterocycles. The van der Waals surface area contributed by atoms with E-state index in [-0.39, 0.29) is 6.61 Å². The van der Waals surface area contributed by atoms with E-state index in [9.17, 15) is 19.0 Å². The lowest BCUT2D eigenvalue weighted by Gasteiger charge is -2.29. The monoisotopic (exact) mass is 421 g/mol. The van der Waals surface area contributed by atoms with E-state index >= 15 is 0 Å². The summed E-state index contributed by atoms with van der Waals surface area (Å²) in [7, 11) is -4.11. The van der Waals surface area contributed by atoms with Gasteiger partial charge in [0, 0.05) is 24.0 Å². The number of aromatic amines is 1. The number of aromatic nitrogens is 2. The number of nitrogens with one attached hydrogen (secondary N) is 1. The van der Waals surface area contributed by atoms with Crippen molar-refractivity contribution in [2.24, 2.45) is 0 Å². The van der Waals surface area contributed by atoms with Gasteiger partial charge in [0.2, 0.25) is 0 Å². The van der Waals surface area contributed by atoms with E-state index in [0.29, 0.717) is 24.2 Å². The molecule has 3 atom stereocenters. The Labute approximate surface area is 167 Å².